The van der Waals surface area contributed by atoms with Crippen LogP contribution in [-0.4, -0.2) is 62.0 Å². The molecule has 0 aliphatic carbocycles. The Kier molecular flexibility index (Phi) is 5.33. The number of amides is 1. The van der Waals surface area contributed by atoms with E-state index in [0.29, 0.717) is 23.3 Å². The first-order chi connectivity index (χ1) is 13.2. The van der Waals surface area contributed by atoms with Gasteiger partial charge in [-0.25, -0.2) is 18.7 Å². The molecule has 1 aliphatic heterocycles. The van der Waals surface area contributed by atoms with Crippen LogP contribution < -0.4 is 11.1 Å². The van der Waals surface area contributed by atoms with Crippen molar-refractivity contribution in [3.05, 3.63) is 17.8 Å². The summed E-state index contributed by atoms with van der Waals surface area (Å²) in [5.41, 5.74) is 6.04. The van der Waals surface area contributed by atoms with Crippen molar-refractivity contribution in [2.75, 3.05) is 30.7 Å². The molecule has 1 amide bonds. The Balaban J connectivity index is 1.90. The number of alkyl halides is 2. The van der Waals surface area contributed by atoms with E-state index in [9.17, 15) is 18.7 Å². The standard InChI is InChI=1S/C18H24F2N6O2/c1-3-4-5-17(2,10-27)25-14-13-12(23-16(21)24-14)6-11(7-22-13)15(28)26-8-18(19,20)9-26/h6-7,27H,3-5,8-10H2,1-2H3,(H3,21,23,24,25)/t17-/m1/s1. The molecular formula is C18H24F2N6O2. The predicted octanol–water partition coefficient (Wildman–Crippen LogP) is 2.05. The van der Waals surface area contributed by atoms with Crippen LogP contribution in [0.4, 0.5) is 20.5 Å². The van der Waals surface area contributed by atoms with Crippen molar-refractivity contribution in [1.29, 1.82) is 0 Å². The Morgan fingerprint density at radius 2 is 2.14 bits per heavy atom. The number of aliphatic hydroxyl groups excluding tert-OH is 1. The van der Waals surface area contributed by atoms with E-state index in [0.717, 1.165) is 17.7 Å². The minimum absolute atomic E-state index is 0.0207. The summed E-state index contributed by atoms with van der Waals surface area (Å²) in [7, 11) is 0. The molecule has 2 aromatic rings. The van der Waals surface area contributed by atoms with Gasteiger partial charge in [-0.05, 0) is 19.4 Å². The van der Waals surface area contributed by atoms with Gasteiger partial charge in [0.15, 0.2) is 5.82 Å². The van der Waals surface area contributed by atoms with Crippen LogP contribution in [0.2, 0.25) is 0 Å². The summed E-state index contributed by atoms with van der Waals surface area (Å²) >= 11 is 0. The molecule has 0 saturated carbocycles. The highest BCUT2D eigenvalue weighted by Crippen LogP contribution is 2.29. The molecule has 2 aromatic heterocycles. The molecule has 8 nitrogen and oxygen atoms in total. The fourth-order valence-corrected chi connectivity index (χ4v) is 3.11. The number of aromatic nitrogens is 3. The van der Waals surface area contributed by atoms with Crippen LogP contribution in [0.1, 0.15) is 43.5 Å². The number of aliphatic hydroxyl groups is 1. The first-order valence-electron chi connectivity index (χ1n) is 9.16. The fraction of sp³-hybridized carbons (Fsp3) is 0.556. The average Bonchev–Trinajstić information content (AvgIpc) is 2.63. The van der Waals surface area contributed by atoms with Crippen molar-refractivity contribution in [2.45, 2.75) is 44.6 Å². The van der Waals surface area contributed by atoms with Gasteiger partial charge in [-0.15, -0.1) is 0 Å². The number of nitrogens with one attached hydrogen (secondary N) is 1. The summed E-state index contributed by atoms with van der Waals surface area (Å²) in [6, 6.07) is 1.46. The Morgan fingerprint density at radius 3 is 2.75 bits per heavy atom. The van der Waals surface area contributed by atoms with Crippen molar-refractivity contribution < 1.29 is 18.7 Å². The molecule has 0 aromatic carbocycles. The molecule has 3 rings (SSSR count). The Labute approximate surface area is 161 Å². The monoisotopic (exact) mass is 394 g/mol. The number of halogens is 2. The second-order valence-electron chi connectivity index (χ2n) is 7.49. The van der Waals surface area contributed by atoms with E-state index in [4.69, 9.17) is 5.73 Å². The third kappa shape index (κ3) is 4.11. The number of pyridine rings is 1. The number of carbonyl (C=O) groups is 1. The molecule has 28 heavy (non-hydrogen) atoms. The molecule has 0 radical (unpaired) electrons. The van der Waals surface area contributed by atoms with E-state index in [1.165, 1.54) is 12.3 Å². The second-order valence-corrected chi connectivity index (χ2v) is 7.49. The molecule has 0 spiro atoms. The maximum Gasteiger partial charge on any atom is 0.282 e. The molecule has 152 valence electrons. The number of fused-ring (bicyclic) bond motifs is 1. The third-order valence-electron chi connectivity index (χ3n) is 4.78. The first-order valence-corrected chi connectivity index (χ1v) is 9.16. The van der Waals surface area contributed by atoms with Crippen LogP contribution in [0.5, 0.6) is 0 Å². The minimum atomic E-state index is -2.84. The lowest BCUT2D eigenvalue weighted by Gasteiger charge is -2.38. The van der Waals surface area contributed by atoms with Gasteiger partial charge < -0.3 is 21.1 Å². The largest absolute Gasteiger partial charge is 0.394 e. The summed E-state index contributed by atoms with van der Waals surface area (Å²) < 4.78 is 26.1. The van der Waals surface area contributed by atoms with Gasteiger partial charge in [0.05, 0.1) is 36.3 Å². The quantitative estimate of drug-likeness (QED) is 0.658. The van der Waals surface area contributed by atoms with Crippen LogP contribution in [0, 0.1) is 0 Å². The van der Waals surface area contributed by atoms with Gasteiger partial charge in [0, 0.05) is 6.20 Å². The number of hydrogen-bond donors (Lipinski definition) is 3. The van der Waals surface area contributed by atoms with Crippen molar-refractivity contribution in [1.82, 2.24) is 19.9 Å². The molecule has 0 bridgehead atoms. The molecule has 3 heterocycles. The van der Waals surface area contributed by atoms with Gasteiger partial charge in [-0.1, -0.05) is 19.8 Å². The Morgan fingerprint density at radius 1 is 1.43 bits per heavy atom. The maximum absolute atomic E-state index is 13.0. The molecule has 1 atom stereocenters. The highest BCUT2D eigenvalue weighted by Gasteiger charge is 2.46. The summed E-state index contributed by atoms with van der Waals surface area (Å²) in [5.74, 6) is -3.04. The smallest absolute Gasteiger partial charge is 0.282 e. The number of nitrogens with zero attached hydrogens (tertiary/aromatic N) is 4. The minimum Gasteiger partial charge on any atom is -0.394 e. The van der Waals surface area contributed by atoms with Crippen LogP contribution in [0.25, 0.3) is 11.0 Å². The number of carbonyl (C=O) groups excluding carboxylic acids is 1. The van der Waals surface area contributed by atoms with Gasteiger partial charge in [-0.2, -0.15) is 4.98 Å². The third-order valence-corrected chi connectivity index (χ3v) is 4.78. The van der Waals surface area contributed by atoms with Crippen molar-refractivity contribution in [2.24, 2.45) is 0 Å². The van der Waals surface area contributed by atoms with Gasteiger partial charge in [-0.3, -0.25) is 4.79 Å². The van der Waals surface area contributed by atoms with Crippen molar-refractivity contribution in [3.63, 3.8) is 0 Å². The van der Waals surface area contributed by atoms with Crippen molar-refractivity contribution in [3.8, 4) is 0 Å². The number of unbranched alkanes of at least 4 members (excludes halogenated alkanes) is 1. The summed E-state index contributed by atoms with van der Waals surface area (Å²) in [4.78, 5) is 26.0. The lowest BCUT2D eigenvalue weighted by molar-refractivity contribution is -0.113. The van der Waals surface area contributed by atoms with E-state index in [-0.39, 0.29) is 18.1 Å². The van der Waals surface area contributed by atoms with E-state index < -0.39 is 30.5 Å². The van der Waals surface area contributed by atoms with Gasteiger partial charge >= 0.3 is 0 Å². The SMILES string of the molecule is CCCC[C@](C)(CO)Nc1nc(N)nc2cc(C(=O)N3CC(F)(F)C3)cnc12. The highest BCUT2D eigenvalue weighted by atomic mass is 19.3. The molecule has 4 N–H and O–H groups in total. The maximum atomic E-state index is 13.0. The zero-order valence-corrected chi connectivity index (χ0v) is 15.9. The predicted molar refractivity (Wildman–Crippen MR) is 101 cm³/mol. The van der Waals surface area contributed by atoms with Crippen LogP contribution in [-0.2, 0) is 0 Å². The molecule has 0 unspecified atom stereocenters. The van der Waals surface area contributed by atoms with Gasteiger partial charge in [0.25, 0.3) is 11.8 Å². The zero-order chi connectivity index (χ0) is 20.5. The van der Waals surface area contributed by atoms with Crippen LogP contribution in [0.3, 0.4) is 0 Å². The molecule has 10 heteroatoms. The number of nitrogen functional groups attached to an aromatic ring is 1. The highest BCUT2D eigenvalue weighted by molar-refractivity contribution is 5.98. The number of hydrogen-bond acceptors (Lipinski definition) is 7. The summed E-state index contributed by atoms with van der Waals surface area (Å²) in [5, 5.41) is 13.0. The van der Waals surface area contributed by atoms with E-state index in [1.807, 2.05) is 6.92 Å². The van der Waals surface area contributed by atoms with Crippen LogP contribution in [0.15, 0.2) is 12.3 Å². The number of nitrogens with two attached hydrogens (primary N) is 1. The molecule has 1 aliphatic rings. The zero-order valence-electron chi connectivity index (χ0n) is 15.9. The number of anilines is 2. The molecule has 1 saturated heterocycles. The van der Waals surface area contributed by atoms with Gasteiger partial charge in [0.2, 0.25) is 5.95 Å². The number of rotatable bonds is 7. The van der Waals surface area contributed by atoms with Crippen LogP contribution >= 0.6 is 0 Å². The Bertz CT molecular complexity index is 886. The summed E-state index contributed by atoms with van der Waals surface area (Å²) in [6.45, 7) is 2.61. The van der Waals surface area contributed by atoms with Gasteiger partial charge in [0.1, 0.15) is 5.52 Å². The fourth-order valence-electron chi connectivity index (χ4n) is 3.11. The average molecular weight is 394 g/mol. The lowest BCUT2D eigenvalue weighted by Crippen LogP contribution is -2.58. The lowest BCUT2D eigenvalue weighted by atomic mass is 9.96. The molecule has 1 fully saturated rings. The second kappa shape index (κ2) is 7.42. The Hall–Kier alpha value is -2.62. The van der Waals surface area contributed by atoms with E-state index in [2.05, 4.69) is 27.2 Å². The summed E-state index contributed by atoms with van der Waals surface area (Å²) in [6.07, 6.45) is 3.91. The van der Waals surface area contributed by atoms with Crippen molar-refractivity contribution >= 4 is 28.7 Å². The normalized spacial score (nSPS) is 17.8. The van der Waals surface area contributed by atoms with E-state index >= 15 is 0 Å². The molecular weight excluding hydrogens is 370 g/mol. The number of likely N-dealkylation sites (tertiary alicyclic amines) is 1. The topological polar surface area (TPSA) is 117 Å². The van der Waals surface area contributed by atoms with E-state index in [1.54, 1.807) is 0 Å². The first kappa shape index (κ1) is 20.1.